The van der Waals surface area contributed by atoms with Crippen LogP contribution in [0.15, 0.2) is 45.5 Å². The number of ether oxygens (including phenoxy) is 1. The molecule has 154 valence electrons. The molecule has 1 aromatic carbocycles. The van der Waals surface area contributed by atoms with Gasteiger partial charge in [-0.05, 0) is 47.1 Å². The molecule has 9 heteroatoms. The van der Waals surface area contributed by atoms with E-state index >= 15 is 0 Å². The number of amides is 3. The van der Waals surface area contributed by atoms with Crippen molar-refractivity contribution in [2.75, 3.05) is 44.7 Å². The number of hydrogen-bond donors (Lipinski definition) is 0. The van der Waals surface area contributed by atoms with Crippen molar-refractivity contribution < 1.29 is 23.5 Å². The molecule has 8 nitrogen and oxygen atoms in total. The number of rotatable bonds is 4. The largest absolute Gasteiger partial charge is 0.450 e. The summed E-state index contributed by atoms with van der Waals surface area (Å²) in [5.74, 6) is -0.378. The van der Waals surface area contributed by atoms with Crippen LogP contribution in [0.3, 0.4) is 0 Å². The lowest BCUT2D eigenvalue weighted by atomic mass is 10.1. The fourth-order valence-electron chi connectivity index (χ4n) is 3.13. The van der Waals surface area contributed by atoms with Crippen LogP contribution in [0.1, 0.15) is 27.8 Å². The number of carbonyl (C=O) groups is 3. The lowest BCUT2D eigenvalue weighted by Crippen LogP contribution is -2.51. The van der Waals surface area contributed by atoms with E-state index in [1.807, 2.05) is 0 Å². The second-order valence-electron chi connectivity index (χ2n) is 6.46. The highest BCUT2D eigenvalue weighted by Crippen LogP contribution is 2.24. The summed E-state index contributed by atoms with van der Waals surface area (Å²) in [5, 5.41) is 0. The number of benzene rings is 1. The highest BCUT2D eigenvalue weighted by Gasteiger charge is 2.28. The van der Waals surface area contributed by atoms with E-state index in [0.29, 0.717) is 48.7 Å². The molecule has 3 rings (SSSR count). The number of anilines is 1. The van der Waals surface area contributed by atoms with Gasteiger partial charge in [0, 0.05) is 33.2 Å². The van der Waals surface area contributed by atoms with Crippen molar-refractivity contribution in [3.63, 3.8) is 0 Å². The van der Waals surface area contributed by atoms with Crippen molar-refractivity contribution >= 4 is 39.5 Å². The van der Waals surface area contributed by atoms with E-state index in [2.05, 4.69) is 15.9 Å². The molecule has 0 radical (unpaired) electrons. The summed E-state index contributed by atoms with van der Waals surface area (Å²) in [6.07, 6.45) is -0.366. The number of nitrogens with zero attached hydrogens (tertiary/aromatic N) is 3. The first-order valence-electron chi connectivity index (χ1n) is 9.25. The molecular weight excluding hydrogens is 442 g/mol. The van der Waals surface area contributed by atoms with Crippen molar-refractivity contribution in [2.24, 2.45) is 0 Å². The summed E-state index contributed by atoms with van der Waals surface area (Å²) < 4.78 is 10.8. The summed E-state index contributed by atoms with van der Waals surface area (Å²) >= 11 is 3.19. The van der Waals surface area contributed by atoms with Gasteiger partial charge in [0.1, 0.15) is 0 Å². The molecule has 0 spiro atoms. The summed E-state index contributed by atoms with van der Waals surface area (Å²) in [6.45, 7) is 3.68. The van der Waals surface area contributed by atoms with Crippen LogP contribution >= 0.6 is 15.9 Å². The SMILES string of the molecule is CCOC(=O)N1CCN(C(=O)c2ccccc2N(C)C(=O)c2ccc(Br)o2)CC1. The molecule has 0 aliphatic carbocycles. The molecule has 3 amide bonds. The smallest absolute Gasteiger partial charge is 0.409 e. The Morgan fingerprint density at radius 3 is 2.34 bits per heavy atom. The molecule has 0 unspecified atom stereocenters. The lowest BCUT2D eigenvalue weighted by Gasteiger charge is -2.34. The van der Waals surface area contributed by atoms with Crippen LogP contribution in [0.5, 0.6) is 0 Å². The zero-order valence-electron chi connectivity index (χ0n) is 16.3. The minimum atomic E-state index is -0.366. The van der Waals surface area contributed by atoms with Crippen LogP contribution in [0.2, 0.25) is 0 Å². The fraction of sp³-hybridized carbons (Fsp3) is 0.350. The Morgan fingerprint density at radius 1 is 1.07 bits per heavy atom. The quantitative estimate of drug-likeness (QED) is 0.694. The molecule has 0 atom stereocenters. The molecule has 1 aliphatic heterocycles. The number of carbonyl (C=O) groups excluding carboxylic acids is 3. The molecule has 0 saturated carbocycles. The molecule has 2 heterocycles. The molecule has 2 aromatic rings. The van der Waals surface area contributed by atoms with Crippen LogP contribution < -0.4 is 4.90 Å². The summed E-state index contributed by atoms with van der Waals surface area (Å²) in [7, 11) is 1.60. The van der Waals surface area contributed by atoms with Crippen molar-refractivity contribution in [3.8, 4) is 0 Å². The maximum atomic E-state index is 13.1. The third-order valence-corrected chi connectivity index (χ3v) is 5.10. The molecule has 1 aromatic heterocycles. The van der Waals surface area contributed by atoms with Crippen LogP contribution in [-0.2, 0) is 4.74 Å². The van der Waals surface area contributed by atoms with Crippen LogP contribution in [0.25, 0.3) is 0 Å². The average Bonchev–Trinajstić information content (AvgIpc) is 3.18. The summed E-state index contributed by atoms with van der Waals surface area (Å²) in [6, 6.07) is 10.2. The normalized spacial score (nSPS) is 13.9. The van der Waals surface area contributed by atoms with Crippen LogP contribution in [-0.4, -0.2) is 67.5 Å². The Labute approximate surface area is 177 Å². The first kappa shape index (κ1) is 20.9. The minimum absolute atomic E-state index is 0.171. The van der Waals surface area contributed by atoms with Crippen molar-refractivity contribution in [3.05, 3.63) is 52.4 Å². The topological polar surface area (TPSA) is 83.3 Å². The first-order chi connectivity index (χ1) is 13.9. The monoisotopic (exact) mass is 463 g/mol. The highest BCUT2D eigenvalue weighted by atomic mass is 79.9. The van der Waals surface area contributed by atoms with Crippen LogP contribution in [0, 0.1) is 0 Å². The molecule has 1 fully saturated rings. The molecule has 1 aliphatic rings. The molecule has 1 saturated heterocycles. The van der Waals surface area contributed by atoms with Crippen molar-refractivity contribution in [1.82, 2.24) is 9.80 Å². The van der Waals surface area contributed by atoms with Gasteiger partial charge in [-0.1, -0.05) is 12.1 Å². The Bertz CT molecular complexity index is 905. The van der Waals surface area contributed by atoms with Crippen molar-refractivity contribution in [2.45, 2.75) is 6.92 Å². The number of halogens is 1. The average molecular weight is 464 g/mol. The van der Waals surface area contributed by atoms with E-state index in [-0.39, 0.29) is 23.7 Å². The number of furan rings is 1. The van der Waals surface area contributed by atoms with E-state index in [0.717, 1.165) is 0 Å². The zero-order valence-corrected chi connectivity index (χ0v) is 17.8. The van der Waals surface area contributed by atoms with Gasteiger partial charge in [-0.25, -0.2) is 4.79 Å². The number of piperazine rings is 1. The molecule has 29 heavy (non-hydrogen) atoms. The Kier molecular flexibility index (Phi) is 6.58. The Morgan fingerprint density at radius 2 is 1.72 bits per heavy atom. The predicted octanol–water partition coefficient (Wildman–Crippen LogP) is 3.23. The van der Waals surface area contributed by atoms with Gasteiger partial charge in [0.05, 0.1) is 17.9 Å². The minimum Gasteiger partial charge on any atom is -0.450 e. The number of hydrogen-bond acceptors (Lipinski definition) is 5. The van der Waals surface area contributed by atoms with Gasteiger partial charge in [0.25, 0.3) is 11.8 Å². The lowest BCUT2D eigenvalue weighted by molar-refractivity contribution is 0.0571. The Balaban J connectivity index is 1.74. The van der Waals surface area contributed by atoms with Crippen LogP contribution in [0.4, 0.5) is 10.5 Å². The third kappa shape index (κ3) is 4.61. The number of para-hydroxylation sites is 1. The summed E-state index contributed by atoms with van der Waals surface area (Å²) in [5.41, 5.74) is 0.904. The van der Waals surface area contributed by atoms with Gasteiger partial charge >= 0.3 is 6.09 Å². The first-order valence-corrected chi connectivity index (χ1v) is 10.0. The van der Waals surface area contributed by atoms with E-state index in [1.54, 1.807) is 60.2 Å². The molecule has 0 N–H and O–H groups in total. The third-order valence-electron chi connectivity index (χ3n) is 4.68. The van der Waals surface area contributed by atoms with E-state index in [4.69, 9.17) is 9.15 Å². The van der Waals surface area contributed by atoms with Gasteiger partial charge in [-0.15, -0.1) is 0 Å². The zero-order chi connectivity index (χ0) is 21.0. The van der Waals surface area contributed by atoms with E-state index in [9.17, 15) is 14.4 Å². The second-order valence-corrected chi connectivity index (χ2v) is 7.24. The standard InChI is InChI=1S/C20H22BrN3O5/c1-3-28-20(27)24-12-10-23(11-13-24)18(25)14-6-4-5-7-15(14)22(2)19(26)16-8-9-17(21)29-16/h4-9H,3,10-13H2,1-2H3. The maximum Gasteiger partial charge on any atom is 0.409 e. The van der Waals surface area contributed by atoms with Gasteiger partial charge < -0.3 is 23.9 Å². The Hall–Kier alpha value is -2.81. The predicted molar refractivity (Wildman–Crippen MR) is 110 cm³/mol. The second kappa shape index (κ2) is 9.13. The fourth-order valence-corrected chi connectivity index (χ4v) is 3.43. The molecular formula is C20H22BrN3O5. The van der Waals surface area contributed by atoms with Gasteiger partial charge in [-0.2, -0.15) is 0 Å². The van der Waals surface area contributed by atoms with Gasteiger partial charge in [0.2, 0.25) is 0 Å². The van der Waals surface area contributed by atoms with Crippen molar-refractivity contribution in [1.29, 1.82) is 0 Å². The van der Waals surface area contributed by atoms with Gasteiger partial charge in [-0.3, -0.25) is 9.59 Å². The van der Waals surface area contributed by atoms with E-state index < -0.39 is 0 Å². The molecule has 0 bridgehead atoms. The maximum absolute atomic E-state index is 13.1. The van der Waals surface area contributed by atoms with E-state index in [1.165, 1.54) is 4.90 Å². The summed E-state index contributed by atoms with van der Waals surface area (Å²) in [4.78, 5) is 42.3. The van der Waals surface area contributed by atoms with Gasteiger partial charge in [0.15, 0.2) is 10.4 Å². The highest BCUT2D eigenvalue weighted by molar-refractivity contribution is 9.10.